The predicted molar refractivity (Wildman–Crippen MR) is 64.9 cm³/mol. The number of esters is 1. The molecule has 0 saturated carbocycles. The Labute approximate surface area is 99.4 Å². The molecule has 0 aliphatic heterocycles. The first-order chi connectivity index (χ1) is 8.06. The van der Waals surface area contributed by atoms with Crippen LogP contribution in [0.3, 0.4) is 0 Å². The van der Waals surface area contributed by atoms with Crippen molar-refractivity contribution in [3.63, 3.8) is 0 Å². The van der Waals surface area contributed by atoms with Gasteiger partial charge in [-0.25, -0.2) is 4.79 Å². The lowest BCUT2D eigenvalue weighted by molar-refractivity contribution is 0.00685. The van der Waals surface area contributed by atoms with E-state index >= 15 is 0 Å². The topological polar surface area (TPSA) is 51.5 Å². The third-order valence-corrected chi connectivity index (χ3v) is 3.24. The van der Waals surface area contributed by atoms with Crippen LogP contribution in [-0.2, 0) is 11.8 Å². The number of rotatable bonds is 2. The number of aliphatic hydroxyl groups excluding tert-OH is 1. The zero-order chi connectivity index (χ0) is 12.6. The maximum Gasteiger partial charge on any atom is 0.340 e. The predicted octanol–water partition coefficient (Wildman–Crippen LogP) is 1.90. The van der Waals surface area contributed by atoms with E-state index in [1.54, 1.807) is 12.1 Å². The van der Waals surface area contributed by atoms with E-state index in [2.05, 4.69) is 9.30 Å². The Morgan fingerprint density at radius 2 is 2.12 bits per heavy atom. The molecule has 0 spiro atoms. The minimum absolute atomic E-state index is 0.459. The first-order valence-electron chi connectivity index (χ1n) is 5.40. The summed E-state index contributed by atoms with van der Waals surface area (Å²) in [5.41, 5.74) is 3.87. The van der Waals surface area contributed by atoms with Crippen LogP contribution in [0.15, 0.2) is 18.2 Å². The summed E-state index contributed by atoms with van der Waals surface area (Å²) >= 11 is 0. The molecule has 0 saturated heterocycles. The lowest BCUT2D eigenvalue weighted by atomic mass is 10.1. The average Bonchev–Trinajstić information content (AvgIpc) is 2.55. The third kappa shape index (κ3) is 1.80. The second kappa shape index (κ2) is 4.22. The molecule has 0 bridgehead atoms. The molecule has 0 aliphatic carbocycles. The van der Waals surface area contributed by atoms with Gasteiger partial charge >= 0.3 is 5.97 Å². The number of carbonyl (C=O) groups is 1. The Morgan fingerprint density at radius 3 is 2.76 bits per heavy atom. The number of aromatic nitrogens is 1. The number of nitrogens with zero attached hydrogens (tertiary/aromatic N) is 1. The molecule has 2 rings (SSSR count). The van der Waals surface area contributed by atoms with Gasteiger partial charge in [-0.1, -0.05) is 0 Å². The molecule has 0 amide bonds. The summed E-state index contributed by atoms with van der Waals surface area (Å²) in [6.07, 6.45) is 0. The van der Waals surface area contributed by atoms with Crippen molar-refractivity contribution in [1.82, 2.24) is 4.57 Å². The fourth-order valence-corrected chi connectivity index (χ4v) is 2.02. The van der Waals surface area contributed by atoms with E-state index in [4.69, 9.17) is 5.11 Å². The van der Waals surface area contributed by atoms with Gasteiger partial charge in [0, 0.05) is 23.6 Å². The molecule has 0 unspecified atom stereocenters. The van der Waals surface area contributed by atoms with E-state index in [1.807, 2.05) is 27.0 Å². The minimum Gasteiger partial charge on any atom is -0.435 e. The van der Waals surface area contributed by atoms with Crippen molar-refractivity contribution < 1.29 is 14.6 Å². The van der Waals surface area contributed by atoms with Gasteiger partial charge in [0.05, 0.1) is 5.56 Å². The largest absolute Gasteiger partial charge is 0.435 e. The molecule has 0 aliphatic rings. The van der Waals surface area contributed by atoms with Crippen molar-refractivity contribution >= 4 is 16.9 Å². The van der Waals surface area contributed by atoms with Crippen molar-refractivity contribution in [1.29, 1.82) is 0 Å². The van der Waals surface area contributed by atoms with Crippen molar-refractivity contribution in [2.24, 2.45) is 7.05 Å². The van der Waals surface area contributed by atoms with Gasteiger partial charge in [0.2, 0.25) is 0 Å². The number of benzene rings is 1. The quantitative estimate of drug-likeness (QED) is 0.636. The highest BCUT2D eigenvalue weighted by molar-refractivity contribution is 5.96. The molecule has 4 heteroatoms. The summed E-state index contributed by atoms with van der Waals surface area (Å²) in [5, 5.41) is 9.61. The van der Waals surface area contributed by atoms with Gasteiger partial charge < -0.3 is 14.4 Å². The summed E-state index contributed by atoms with van der Waals surface area (Å²) < 4.78 is 6.65. The van der Waals surface area contributed by atoms with Gasteiger partial charge in [0.25, 0.3) is 0 Å². The van der Waals surface area contributed by atoms with Crippen molar-refractivity contribution in [3.05, 3.63) is 35.0 Å². The summed E-state index contributed by atoms with van der Waals surface area (Å²) in [5.74, 6) is -0.504. The zero-order valence-electron chi connectivity index (χ0n) is 10.2. The van der Waals surface area contributed by atoms with Crippen LogP contribution >= 0.6 is 0 Å². The van der Waals surface area contributed by atoms with Crippen molar-refractivity contribution in [3.8, 4) is 0 Å². The lowest BCUT2D eigenvalue weighted by Crippen LogP contribution is -2.05. The Morgan fingerprint density at radius 1 is 1.41 bits per heavy atom. The van der Waals surface area contributed by atoms with E-state index in [0.717, 1.165) is 16.5 Å². The number of ether oxygens (including phenoxy) is 1. The Kier molecular flexibility index (Phi) is 2.90. The number of hydrogen-bond donors (Lipinski definition) is 1. The Bertz CT molecular complexity index is 584. The third-order valence-electron chi connectivity index (χ3n) is 3.24. The van der Waals surface area contributed by atoms with Crippen LogP contribution in [0.2, 0.25) is 0 Å². The van der Waals surface area contributed by atoms with Crippen LogP contribution in [0, 0.1) is 13.8 Å². The van der Waals surface area contributed by atoms with Crippen LogP contribution in [0.1, 0.15) is 21.6 Å². The molecule has 0 fully saturated rings. The number of carbonyl (C=O) groups excluding carboxylic acids is 1. The Hall–Kier alpha value is -1.81. The molecule has 0 atom stereocenters. The van der Waals surface area contributed by atoms with Crippen LogP contribution in [0.5, 0.6) is 0 Å². The van der Waals surface area contributed by atoms with Gasteiger partial charge in [-0.3, -0.25) is 0 Å². The number of aliphatic hydroxyl groups is 1. The SMILES string of the molecule is Cc1c(C)n(C)c2ccc(C(=O)OCO)cc12. The number of fused-ring (bicyclic) bond motifs is 1. The van der Waals surface area contributed by atoms with Gasteiger partial charge in [-0.05, 0) is 37.6 Å². The van der Waals surface area contributed by atoms with Crippen LogP contribution in [0.25, 0.3) is 10.9 Å². The maximum absolute atomic E-state index is 11.5. The average molecular weight is 233 g/mol. The van der Waals surface area contributed by atoms with Gasteiger partial charge in [0.1, 0.15) is 0 Å². The smallest absolute Gasteiger partial charge is 0.340 e. The van der Waals surface area contributed by atoms with Crippen molar-refractivity contribution in [2.45, 2.75) is 13.8 Å². The molecule has 1 N–H and O–H groups in total. The van der Waals surface area contributed by atoms with Crippen molar-refractivity contribution in [2.75, 3.05) is 6.79 Å². The molecule has 1 heterocycles. The Balaban J connectivity index is 2.58. The van der Waals surface area contributed by atoms with Crippen LogP contribution in [0.4, 0.5) is 0 Å². The summed E-state index contributed by atoms with van der Waals surface area (Å²) in [7, 11) is 2.00. The highest BCUT2D eigenvalue weighted by Gasteiger charge is 2.12. The molecular weight excluding hydrogens is 218 g/mol. The standard InChI is InChI=1S/C13H15NO3/c1-8-9(2)14(3)12-5-4-10(6-11(8)12)13(16)17-7-15/h4-6,15H,7H2,1-3H3. The number of hydrogen-bond acceptors (Lipinski definition) is 3. The molecule has 4 nitrogen and oxygen atoms in total. The minimum atomic E-state index is -0.594. The fraction of sp³-hybridized carbons (Fsp3) is 0.308. The van der Waals surface area contributed by atoms with E-state index in [0.29, 0.717) is 5.56 Å². The highest BCUT2D eigenvalue weighted by atomic mass is 16.6. The first-order valence-corrected chi connectivity index (χ1v) is 5.40. The second-order valence-electron chi connectivity index (χ2n) is 4.06. The lowest BCUT2D eigenvalue weighted by Gasteiger charge is -2.02. The van der Waals surface area contributed by atoms with Gasteiger partial charge in [-0.2, -0.15) is 0 Å². The summed E-state index contributed by atoms with van der Waals surface area (Å²) in [6, 6.07) is 5.40. The molecule has 17 heavy (non-hydrogen) atoms. The second-order valence-corrected chi connectivity index (χ2v) is 4.06. The summed E-state index contributed by atoms with van der Waals surface area (Å²) in [6.45, 7) is 3.48. The molecule has 2 aromatic rings. The maximum atomic E-state index is 11.5. The van der Waals surface area contributed by atoms with Crippen LogP contribution < -0.4 is 0 Å². The monoisotopic (exact) mass is 233 g/mol. The molecule has 1 aromatic heterocycles. The van der Waals surface area contributed by atoms with E-state index in [9.17, 15) is 4.79 Å². The van der Waals surface area contributed by atoms with E-state index in [-0.39, 0.29) is 0 Å². The first kappa shape index (κ1) is 11.7. The van der Waals surface area contributed by atoms with Crippen LogP contribution in [-0.4, -0.2) is 22.4 Å². The molecule has 0 radical (unpaired) electrons. The number of aryl methyl sites for hydroxylation is 2. The summed E-state index contributed by atoms with van der Waals surface area (Å²) in [4.78, 5) is 11.5. The van der Waals surface area contributed by atoms with E-state index in [1.165, 1.54) is 5.69 Å². The van der Waals surface area contributed by atoms with Gasteiger partial charge in [0.15, 0.2) is 6.79 Å². The fourth-order valence-electron chi connectivity index (χ4n) is 2.02. The normalized spacial score (nSPS) is 10.8. The van der Waals surface area contributed by atoms with E-state index < -0.39 is 12.8 Å². The molecular formula is C13H15NO3. The zero-order valence-corrected chi connectivity index (χ0v) is 10.2. The molecule has 90 valence electrons. The van der Waals surface area contributed by atoms with Gasteiger partial charge in [-0.15, -0.1) is 0 Å². The molecule has 1 aromatic carbocycles. The highest BCUT2D eigenvalue weighted by Crippen LogP contribution is 2.25.